The molecule has 1 N–H and O–H groups in total. The summed E-state index contributed by atoms with van der Waals surface area (Å²) in [5.74, 6) is 0. The van der Waals surface area contributed by atoms with Crippen molar-refractivity contribution >= 4 is 39.9 Å². The summed E-state index contributed by atoms with van der Waals surface area (Å²) in [4.78, 5) is 2.41. The predicted molar refractivity (Wildman–Crippen MR) is 74.3 cm³/mol. The van der Waals surface area contributed by atoms with Crippen LogP contribution in [-0.2, 0) is 4.43 Å². The molecule has 82 valence electrons. The Bertz CT molecular complexity index is 337. The molecule has 1 aliphatic heterocycles. The maximum Gasteiger partial charge on any atom is 0.0466 e. The molecule has 2 nitrogen and oxygen atoms in total. The Kier molecular flexibility index (Phi) is 4.11. The summed E-state index contributed by atoms with van der Waals surface area (Å²) < 4.78 is 0.969. The van der Waals surface area contributed by atoms with Crippen LogP contribution < -0.4 is 10.2 Å². The van der Waals surface area contributed by atoms with E-state index in [2.05, 4.69) is 38.9 Å². The van der Waals surface area contributed by atoms with E-state index in [4.69, 9.17) is 11.6 Å². The summed E-state index contributed by atoms with van der Waals surface area (Å²) in [6, 6.07) is 6.18. The standard InChI is InChI=1S/C11H14ClIN2/c12-10-2-1-3-11(9(10)8-13)15-6-4-14-5-7-15/h1-3,14H,4-8H2. The van der Waals surface area contributed by atoms with Gasteiger partial charge < -0.3 is 10.2 Å². The molecule has 0 atom stereocenters. The number of hydrogen-bond acceptors (Lipinski definition) is 2. The van der Waals surface area contributed by atoms with E-state index in [1.165, 1.54) is 11.3 Å². The van der Waals surface area contributed by atoms with Gasteiger partial charge in [0.05, 0.1) is 0 Å². The van der Waals surface area contributed by atoms with E-state index in [9.17, 15) is 0 Å². The number of benzene rings is 1. The van der Waals surface area contributed by atoms with Gasteiger partial charge in [-0.2, -0.15) is 0 Å². The predicted octanol–water partition coefficient (Wildman–Crippen LogP) is 2.68. The molecule has 0 aliphatic carbocycles. The van der Waals surface area contributed by atoms with Gasteiger partial charge in [-0.25, -0.2) is 0 Å². The van der Waals surface area contributed by atoms with Crippen molar-refractivity contribution in [3.05, 3.63) is 28.8 Å². The molecule has 0 radical (unpaired) electrons. The molecule has 1 aliphatic rings. The third-order valence-corrected chi connectivity index (χ3v) is 3.80. The first-order valence-corrected chi connectivity index (χ1v) is 7.02. The lowest BCUT2D eigenvalue weighted by atomic mass is 10.1. The van der Waals surface area contributed by atoms with Crippen LogP contribution in [-0.4, -0.2) is 26.2 Å². The second-order valence-electron chi connectivity index (χ2n) is 3.61. The van der Waals surface area contributed by atoms with Gasteiger partial charge in [-0.1, -0.05) is 40.3 Å². The molecule has 0 bridgehead atoms. The van der Waals surface area contributed by atoms with Crippen LogP contribution in [0.25, 0.3) is 0 Å². The zero-order valence-corrected chi connectivity index (χ0v) is 11.4. The van der Waals surface area contributed by atoms with E-state index in [0.717, 1.165) is 35.6 Å². The molecule has 0 saturated carbocycles. The average molecular weight is 337 g/mol. The zero-order chi connectivity index (χ0) is 10.7. The van der Waals surface area contributed by atoms with E-state index < -0.39 is 0 Å². The van der Waals surface area contributed by atoms with Crippen molar-refractivity contribution in [1.29, 1.82) is 0 Å². The number of piperazine rings is 1. The Balaban J connectivity index is 2.29. The molecule has 1 aromatic carbocycles. The number of alkyl halides is 1. The Labute approximate surface area is 109 Å². The molecule has 15 heavy (non-hydrogen) atoms. The lowest BCUT2D eigenvalue weighted by Gasteiger charge is -2.31. The van der Waals surface area contributed by atoms with Crippen molar-refractivity contribution in [1.82, 2.24) is 5.32 Å². The summed E-state index contributed by atoms with van der Waals surface area (Å²) in [6.45, 7) is 4.27. The monoisotopic (exact) mass is 336 g/mol. The molecule has 0 aromatic heterocycles. The maximum atomic E-state index is 6.20. The Morgan fingerprint density at radius 3 is 2.73 bits per heavy atom. The highest BCUT2D eigenvalue weighted by atomic mass is 127. The van der Waals surface area contributed by atoms with Crippen molar-refractivity contribution in [3.8, 4) is 0 Å². The Morgan fingerprint density at radius 1 is 1.33 bits per heavy atom. The fraction of sp³-hybridized carbons (Fsp3) is 0.455. The van der Waals surface area contributed by atoms with Crippen LogP contribution >= 0.6 is 34.2 Å². The van der Waals surface area contributed by atoms with Gasteiger partial charge in [-0.15, -0.1) is 0 Å². The summed E-state index contributed by atoms with van der Waals surface area (Å²) in [6.07, 6.45) is 0. The number of anilines is 1. The second-order valence-corrected chi connectivity index (χ2v) is 4.78. The highest BCUT2D eigenvalue weighted by molar-refractivity contribution is 14.1. The number of nitrogens with one attached hydrogen (secondary N) is 1. The minimum Gasteiger partial charge on any atom is -0.369 e. The molecule has 2 rings (SSSR count). The van der Waals surface area contributed by atoms with Gasteiger partial charge >= 0.3 is 0 Å². The van der Waals surface area contributed by atoms with Crippen LogP contribution in [0.1, 0.15) is 5.56 Å². The van der Waals surface area contributed by atoms with E-state index in [0.29, 0.717) is 0 Å². The van der Waals surface area contributed by atoms with Crippen LogP contribution in [0.4, 0.5) is 5.69 Å². The smallest absolute Gasteiger partial charge is 0.0466 e. The minimum absolute atomic E-state index is 0.889. The molecule has 0 amide bonds. The topological polar surface area (TPSA) is 15.3 Å². The molecular weight excluding hydrogens is 322 g/mol. The van der Waals surface area contributed by atoms with Crippen molar-refractivity contribution in [2.24, 2.45) is 0 Å². The van der Waals surface area contributed by atoms with Crippen LogP contribution in [0.2, 0.25) is 5.02 Å². The van der Waals surface area contributed by atoms with Gasteiger partial charge in [0.15, 0.2) is 0 Å². The number of hydrogen-bond donors (Lipinski definition) is 1. The lowest BCUT2D eigenvalue weighted by molar-refractivity contribution is 0.588. The Morgan fingerprint density at radius 2 is 2.07 bits per heavy atom. The van der Waals surface area contributed by atoms with Crippen LogP contribution in [0.3, 0.4) is 0 Å². The quantitative estimate of drug-likeness (QED) is 0.660. The van der Waals surface area contributed by atoms with Gasteiger partial charge in [0, 0.05) is 46.9 Å². The van der Waals surface area contributed by atoms with Crippen LogP contribution in [0.15, 0.2) is 18.2 Å². The summed E-state index contributed by atoms with van der Waals surface area (Å²) in [5, 5.41) is 4.25. The summed E-state index contributed by atoms with van der Waals surface area (Å²) in [7, 11) is 0. The van der Waals surface area contributed by atoms with Crippen LogP contribution in [0.5, 0.6) is 0 Å². The molecule has 0 spiro atoms. The highest BCUT2D eigenvalue weighted by Crippen LogP contribution is 2.29. The van der Waals surface area contributed by atoms with Crippen molar-refractivity contribution < 1.29 is 0 Å². The fourth-order valence-electron chi connectivity index (χ4n) is 1.88. The molecule has 1 saturated heterocycles. The largest absolute Gasteiger partial charge is 0.369 e. The van der Waals surface area contributed by atoms with Crippen molar-refractivity contribution in [2.75, 3.05) is 31.1 Å². The van der Waals surface area contributed by atoms with Crippen molar-refractivity contribution in [3.63, 3.8) is 0 Å². The normalized spacial score (nSPS) is 16.8. The van der Waals surface area contributed by atoms with E-state index >= 15 is 0 Å². The van der Waals surface area contributed by atoms with E-state index in [-0.39, 0.29) is 0 Å². The van der Waals surface area contributed by atoms with Crippen molar-refractivity contribution in [2.45, 2.75) is 4.43 Å². The fourth-order valence-corrected chi connectivity index (χ4v) is 3.15. The third-order valence-electron chi connectivity index (χ3n) is 2.69. The first-order valence-electron chi connectivity index (χ1n) is 5.12. The maximum absolute atomic E-state index is 6.20. The van der Waals surface area contributed by atoms with Gasteiger partial charge in [-0.3, -0.25) is 0 Å². The molecule has 1 heterocycles. The molecule has 4 heteroatoms. The average Bonchev–Trinajstić information content (AvgIpc) is 2.30. The highest BCUT2D eigenvalue weighted by Gasteiger charge is 2.14. The van der Waals surface area contributed by atoms with Crippen LogP contribution in [0, 0.1) is 0 Å². The summed E-state index contributed by atoms with van der Waals surface area (Å²) >= 11 is 8.58. The van der Waals surface area contributed by atoms with E-state index in [1.807, 2.05) is 12.1 Å². The third kappa shape index (κ3) is 2.57. The number of rotatable bonds is 2. The zero-order valence-electron chi connectivity index (χ0n) is 8.47. The summed E-state index contributed by atoms with van der Waals surface area (Å²) in [5.41, 5.74) is 2.57. The van der Waals surface area contributed by atoms with Gasteiger partial charge in [-0.05, 0) is 12.1 Å². The first kappa shape index (κ1) is 11.5. The van der Waals surface area contributed by atoms with E-state index in [1.54, 1.807) is 0 Å². The minimum atomic E-state index is 0.889. The van der Waals surface area contributed by atoms with Gasteiger partial charge in [0.25, 0.3) is 0 Å². The first-order chi connectivity index (χ1) is 7.33. The van der Waals surface area contributed by atoms with Gasteiger partial charge in [0.1, 0.15) is 0 Å². The molecule has 0 unspecified atom stereocenters. The second kappa shape index (κ2) is 5.37. The lowest BCUT2D eigenvalue weighted by Crippen LogP contribution is -2.43. The number of halogens is 2. The SMILES string of the molecule is Clc1cccc(N2CCNCC2)c1CI. The number of nitrogens with zero attached hydrogens (tertiary/aromatic N) is 1. The van der Waals surface area contributed by atoms with Gasteiger partial charge in [0.2, 0.25) is 0 Å². The molecule has 1 fully saturated rings. The molecule has 1 aromatic rings. The Hall–Kier alpha value is -0.000000000000000111. The molecular formula is C11H14ClIN2.